The van der Waals surface area contributed by atoms with E-state index in [0.29, 0.717) is 11.5 Å². The summed E-state index contributed by atoms with van der Waals surface area (Å²) in [6.45, 7) is 4.97. The molecule has 1 amide bonds. The fourth-order valence-corrected chi connectivity index (χ4v) is 3.51. The first kappa shape index (κ1) is 14.3. The van der Waals surface area contributed by atoms with Crippen molar-refractivity contribution in [3.05, 3.63) is 47.5 Å². The number of rotatable bonds is 2. The van der Waals surface area contributed by atoms with Crippen molar-refractivity contribution in [3.63, 3.8) is 0 Å². The van der Waals surface area contributed by atoms with E-state index in [2.05, 4.69) is 27.9 Å². The van der Waals surface area contributed by atoms with Crippen LogP contribution in [0.3, 0.4) is 0 Å². The Bertz CT molecular complexity index is 752. The number of imidazole rings is 1. The molecule has 0 bridgehead atoms. The molecule has 3 atom stereocenters. The highest BCUT2D eigenvalue weighted by atomic mass is 16.5. The van der Waals surface area contributed by atoms with E-state index >= 15 is 0 Å². The summed E-state index contributed by atoms with van der Waals surface area (Å²) in [5, 5.41) is 3.16. The second-order valence-corrected chi connectivity index (χ2v) is 6.54. The fourth-order valence-electron chi connectivity index (χ4n) is 3.51. The predicted octanol–water partition coefficient (Wildman–Crippen LogP) is 2.51. The van der Waals surface area contributed by atoms with Gasteiger partial charge in [-0.2, -0.15) is 0 Å². The molecule has 5 heteroatoms. The van der Waals surface area contributed by atoms with Crippen molar-refractivity contribution in [2.24, 2.45) is 0 Å². The molecule has 1 aromatic carbocycles. The standard InChI is InChI=1S/C18H21N3O2/c1-11-12(2)23-17-14(11)4-3-5-15(17)18(22)20-13-6-7-16-19-8-9-21(16)10-13/h3-5,8-9,11-13H,6-7,10H2,1-2H3,(H,20,22)/t11-,12-,13-/m0/s1. The van der Waals surface area contributed by atoms with Crippen LogP contribution in [0.2, 0.25) is 0 Å². The maximum absolute atomic E-state index is 12.7. The number of fused-ring (bicyclic) bond motifs is 2. The van der Waals surface area contributed by atoms with Crippen LogP contribution >= 0.6 is 0 Å². The van der Waals surface area contributed by atoms with E-state index in [9.17, 15) is 4.79 Å². The third kappa shape index (κ3) is 2.40. The summed E-state index contributed by atoms with van der Waals surface area (Å²) in [5.74, 6) is 2.13. The molecule has 0 unspecified atom stereocenters. The molecule has 23 heavy (non-hydrogen) atoms. The van der Waals surface area contributed by atoms with E-state index in [4.69, 9.17) is 4.74 Å². The van der Waals surface area contributed by atoms with Crippen molar-refractivity contribution < 1.29 is 9.53 Å². The average Bonchev–Trinajstić information content (AvgIpc) is 3.12. The minimum Gasteiger partial charge on any atom is -0.489 e. The molecule has 4 rings (SSSR count). The Morgan fingerprint density at radius 3 is 3.13 bits per heavy atom. The predicted molar refractivity (Wildman–Crippen MR) is 86.7 cm³/mol. The topological polar surface area (TPSA) is 56.1 Å². The van der Waals surface area contributed by atoms with Crippen LogP contribution < -0.4 is 10.1 Å². The second-order valence-electron chi connectivity index (χ2n) is 6.54. The van der Waals surface area contributed by atoms with Crippen LogP contribution in [0.15, 0.2) is 30.6 Å². The van der Waals surface area contributed by atoms with Gasteiger partial charge in [0.2, 0.25) is 0 Å². The lowest BCUT2D eigenvalue weighted by atomic mass is 9.96. The summed E-state index contributed by atoms with van der Waals surface area (Å²) in [6, 6.07) is 5.99. The number of benzene rings is 1. The molecule has 3 heterocycles. The van der Waals surface area contributed by atoms with Crippen LogP contribution in [0.25, 0.3) is 0 Å². The minimum absolute atomic E-state index is 0.0447. The highest BCUT2D eigenvalue weighted by Crippen LogP contribution is 2.40. The first-order chi connectivity index (χ1) is 11.1. The smallest absolute Gasteiger partial charge is 0.255 e. The Balaban J connectivity index is 1.53. The van der Waals surface area contributed by atoms with Gasteiger partial charge in [0.1, 0.15) is 17.7 Å². The van der Waals surface area contributed by atoms with E-state index in [0.717, 1.165) is 36.5 Å². The van der Waals surface area contributed by atoms with Gasteiger partial charge in [-0.05, 0) is 19.4 Å². The second kappa shape index (κ2) is 5.41. The van der Waals surface area contributed by atoms with Crippen molar-refractivity contribution in [3.8, 4) is 5.75 Å². The van der Waals surface area contributed by atoms with E-state index in [1.165, 1.54) is 0 Å². The van der Waals surface area contributed by atoms with Crippen LogP contribution in [-0.2, 0) is 13.0 Å². The van der Waals surface area contributed by atoms with Crippen molar-refractivity contribution in [2.75, 3.05) is 0 Å². The molecule has 2 aromatic rings. The number of carbonyl (C=O) groups is 1. The zero-order chi connectivity index (χ0) is 16.0. The van der Waals surface area contributed by atoms with E-state index in [1.54, 1.807) is 0 Å². The largest absolute Gasteiger partial charge is 0.489 e. The van der Waals surface area contributed by atoms with E-state index in [-0.39, 0.29) is 18.1 Å². The molecule has 0 saturated heterocycles. The van der Waals surface area contributed by atoms with Crippen molar-refractivity contribution >= 4 is 5.91 Å². The number of ether oxygens (including phenoxy) is 1. The molecular formula is C18H21N3O2. The number of hydrogen-bond acceptors (Lipinski definition) is 3. The maximum atomic E-state index is 12.7. The molecule has 0 spiro atoms. The SMILES string of the molecule is C[C@@H]1Oc2c(C(=O)N[C@H]3CCc4nccn4C3)cccc2[C@H]1C. The molecule has 1 N–H and O–H groups in total. The van der Waals surface area contributed by atoms with Gasteiger partial charge < -0.3 is 14.6 Å². The molecule has 5 nitrogen and oxygen atoms in total. The van der Waals surface area contributed by atoms with Gasteiger partial charge in [0.05, 0.1) is 5.56 Å². The van der Waals surface area contributed by atoms with Gasteiger partial charge in [-0.15, -0.1) is 0 Å². The third-order valence-electron chi connectivity index (χ3n) is 5.06. The number of aromatic nitrogens is 2. The first-order valence-electron chi connectivity index (χ1n) is 8.24. The van der Waals surface area contributed by atoms with Gasteiger partial charge in [0.15, 0.2) is 0 Å². The zero-order valence-corrected chi connectivity index (χ0v) is 13.5. The van der Waals surface area contributed by atoms with E-state index < -0.39 is 0 Å². The summed E-state index contributed by atoms with van der Waals surface area (Å²) in [6.07, 6.45) is 5.73. The van der Waals surface area contributed by atoms with E-state index in [1.807, 2.05) is 31.5 Å². The summed E-state index contributed by atoms with van der Waals surface area (Å²) >= 11 is 0. The lowest BCUT2D eigenvalue weighted by molar-refractivity contribution is 0.0922. The number of nitrogens with zero attached hydrogens (tertiary/aromatic N) is 2. The van der Waals surface area contributed by atoms with Crippen molar-refractivity contribution in [1.29, 1.82) is 0 Å². The molecule has 1 aromatic heterocycles. The molecule has 2 aliphatic rings. The Morgan fingerprint density at radius 2 is 2.26 bits per heavy atom. The number of para-hydroxylation sites is 1. The summed E-state index contributed by atoms with van der Waals surface area (Å²) in [7, 11) is 0. The molecule has 0 fully saturated rings. The van der Waals surface area contributed by atoms with Crippen LogP contribution in [0.5, 0.6) is 5.75 Å². The highest BCUT2D eigenvalue weighted by Gasteiger charge is 2.31. The molecular weight excluding hydrogens is 290 g/mol. The number of hydrogen-bond donors (Lipinski definition) is 1. The van der Waals surface area contributed by atoms with Gasteiger partial charge in [0.25, 0.3) is 5.91 Å². The molecule has 120 valence electrons. The molecule has 0 radical (unpaired) electrons. The average molecular weight is 311 g/mol. The lowest BCUT2D eigenvalue weighted by Gasteiger charge is -2.25. The van der Waals surface area contributed by atoms with Crippen molar-refractivity contribution in [2.45, 2.75) is 51.3 Å². The fraction of sp³-hybridized carbons (Fsp3) is 0.444. The van der Waals surface area contributed by atoms with Gasteiger partial charge >= 0.3 is 0 Å². The first-order valence-corrected chi connectivity index (χ1v) is 8.24. The summed E-state index contributed by atoms with van der Waals surface area (Å²) in [5.41, 5.74) is 1.78. The molecule has 2 aliphatic heterocycles. The Hall–Kier alpha value is -2.30. The van der Waals surface area contributed by atoms with Crippen molar-refractivity contribution in [1.82, 2.24) is 14.9 Å². The van der Waals surface area contributed by atoms with Crippen LogP contribution in [-0.4, -0.2) is 27.6 Å². The Morgan fingerprint density at radius 1 is 1.39 bits per heavy atom. The maximum Gasteiger partial charge on any atom is 0.255 e. The van der Waals surface area contributed by atoms with Crippen LogP contribution in [0.4, 0.5) is 0 Å². The summed E-state index contributed by atoms with van der Waals surface area (Å²) < 4.78 is 8.04. The minimum atomic E-state index is -0.0447. The van der Waals surface area contributed by atoms with Gasteiger partial charge in [-0.1, -0.05) is 19.1 Å². The van der Waals surface area contributed by atoms with Crippen LogP contribution in [0.1, 0.15) is 47.9 Å². The van der Waals surface area contributed by atoms with Crippen LogP contribution in [0, 0.1) is 0 Å². The van der Waals surface area contributed by atoms with Gasteiger partial charge in [-0.3, -0.25) is 4.79 Å². The lowest BCUT2D eigenvalue weighted by Crippen LogP contribution is -2.41. The molecule has 0 saturated carbocycles. The highest BCUT2D eigenvalue weighted by molar-refractivity contribution is 5.97. The third-order valence-corrected chi connectivity index (χ3v) is 5.06. The normalized spacial score (nSPS) is 25.4. The number of amides is 1. The number of nitrogens with one attached hydrogen (secondary N) is 1. The van der Waals surface area contributed by atoms with Gasteiger partial charge in [0, 0.05) is 42.9 Å². The summed E-state index contributed by atoms with van der Waals surface area (Å²) in [4.78, 5) is 17.0. The number of carbonyl (C=O) groups excluding carboxylic acids is 1. The Kier molecular flexibility index (Phi) is 3.36. The monoisotopic (exact) mass is 311 g/mol. The molecule has 0 aliphatic carbocycles. The zero-order valence-electron chi connectivity index (χ0n) is 13.5. The van der Waals surface area contributed by atoms with Gasteiger partial charge in [-0.25, -0.2) is 4.98 Å². The quantitative estimate of drug-likeness (QED) is 0.927. The Labute approximate surface area is 135 Å². The number of aryl methyl sites for hydroxylation is 1.